The van der Waals surface area contributed by atoms with E-state index in [-0.39, 0.29) is 47.3 Å². The van der Waals surface area contributed by atoms with Gasteiger partial charge in [0, 0.05) is 17.0 Å². The number of pyridine rings is 1. The maximum absolute atomic E-state index is 11.8. The van der Waals surface area contributed by atoms with Crippen molar-refractivity contribution in [1.82, 2.24) is 4.98 Å². The van der Waals surface area contributed by atoms with Gasteiger partial charge in [-0.2, -0.15) is 13.5 Å². The Morgan fingerprint density at radius 1 is 0.969 bits per heavy atom. The summed E-state index contributed by atoms with van der Waals surface area (Å²) in [5, 5.41) is 9.00. The molecule has 4 aromatic rings. The van der Waals surface area contributed by atoms with Gasteiger partial charge in [-0.05, 0) is 42.5 Å². The van der Waals surface area contributed by atoms with Crippen LogP contribution < -0.4 is 40.0 Å². The van der Waals surface area contributed by atoms with Gasteiger partial charge in [0.15, 0.2) is 0 Å². The molecule has 0 spiro atoms. The molecule has 158 valence electrons. The van der Waals surface area contributed by atoms with Gasteiger partial charge >= 0.3 is 29.6 Å². The Labute approximate surface area is 208 Å². The third-order valence-corrected chi connectivity index (χ3v) is 5.42. The standard InChI is InChI=1S/C22H18N4O4S.Na.H/c23-22-19-7-2-1-6-18(19)21(31(27,28)29)13-20(22)26-25-15-8-10-17(11-9-15)30-14-16-5-3-4-12-24-16;;/h1-13H,14,23H2,(H,27,28,29);;/q;+1;-1. The van der Waals surface area contributed by atoms with Crippen molar-refractivity contribution in [2.24, 2.45) is 10.2 Å². The summed E-state index contributed by atoms with van der Waals surface area (Å²) in [5.41, 5.74) is 7.90. The molecule has 0 saturated heterocycles. The predicted molar refractivity (Wildman–Crippen MR) is 118 cm³/mol. The predicted octanol–water partition coefficient (Wildman–Crippen LogP) is 2.17. The Bertz CT molecular complexity index is 1370. The largest absolute Gasteiger partial charge is 1.00 e. The summed E-state index contributed by atoms with van der Waals surface area (Å²) < 4.78 is 38.9. The van der Waals surface area contributed by atoms with Gasteiger partial charge in [0.1, 0.15) is 22.9 Å². The van der Waals surface area contributed by atoms with Gasteiger partial charge < -0.3 is 11.9 Å². The quantitative estimate of drug-likeness (QED) is 0.197. The van der Waals surface area contributed by atoms with Gasteiger partial charge in [0.05, 0.1) is 17.1 Å². The van der Waals surface area contributed by atoms with Crippen LogP contribution in [0.3, 0.4) is 0 Å². The zero-order valence-electron chi connectivity index (χ0n) is 18.2. The zero-order valence-corrected chi connectivity index (χ0v) is 20.0. The molecule has 1 aromatic heterocycles. The Kier molecular flexibility index (Phi) is 7.60. The smallest absolute Gasteiger partial charge is 1.00 e. The summed E-state index contributed by atoms with van der Waals surface area (Å²) >= 11 is 0. The van der Waals surface area contributed by atoms with E-state index < -0.39 is 10.1 Å². The number of rotatable bonds is 6. The second kappa shape index (κ2) is 10.2. The molecule has 0 fully saturated rings. The molecule has 0 unspecified atom stereocenters. The number of hydrogen-bond acceptors (Lipinski definition) is 7. The molecule has 0 bridgehead atoms. The van der Waals surface area contributed by atoms with E-state index in [4.69, 9.17) is 10.5 Å². The maximum Gasteiger partial charge on any atom is 1.00 e. The Hall–Kier alpha value is -2.82. The van der Waals surface area contributed by atoms with E-state index in [0.717, 1.165) is 5.69 Å². The molecule has 0 radical (unpaired) electrons. The molecule has 8 nitrogen and oxygen atoms in total. The van der Waals surface area contributed by atoms with Crippen LogP contribution in [0.4, 0.5) is 17.1 Å². The summed E-state index contributed by atoms with van der Waals surface area (Å²) in [6.45, 7) is 0.341. The second-order valence-corrected chi connectivity index (χ2v) is 8.02. The van der Waals surface area contributed by atoms with Gasteiger partial charge in [-0.1, -0.05) is 30.3 Å². The van der Waals surface area contributed by atoms with Crippen molar-refractivity contribution in [2.45, 2.75) is 11.5 Å². The molecule has 0 aliphatic carbocycles. The molecule has 4 rings (SSSR count). The van der Waals surface area contributed by atoms with E-state index >= 15 is 0 Å². The number of nitrogen functional groups attached to an aromatic ring is 1. The van der Waals surface area contributed by atoms with Gasteiger partial charge in [-0.3, -0.25) is 9.54 Å². The molecule has 10 heteroatoms. The maximum atomic E-state index is 11.8. The van der Waals surface area contributed by atoms with Gasteiger partial charge in [-0.25, -0.2) is 0 Å². The first kappa shape index (κ1) is 23.8. The number of fused-ring (bicyclic) bond motifs is 1. The van der Waals surface area contributed by atoms with E-state index in [0.29, 0.717) is 28.8 Å². The Morgan fingerprint density at radius 2 is 1.66 bits per heavy atom. The number of aromatic nitrogens is 1. The van der Waals surface area contributed by atoms with E-state index in [1.54, 1.807) is 54.7 Å². The van der Waals surface area contributed by atoms with Gasteiger partial charge in [0.25, 0.3) is 10.1 Å². The van der Waals surface area contributed by atoms with Crippen LogP contribution in [0.2, 0.25) is 0 Å². The summed E-state index contributed by atoms with van der Waals surface area (Å²) in [7, 11) is -4.47. The monoisotopic (exact) mass is 458 g/mol. The summed E-state index contributed by atoms with van der Waals surface area (Å²) in [5.74, 6) is 0.642. The fourth-order valence-corrected chi connectivity index (χ4v) is 3.72. The van der Waals surface area contributed by atoms with Crippen molar-refractivity contribution in [3.63, 3.8) is 0 Å². The first-order chi connectivity index (χ1) is 14.9. The molecule has 0 amide bonds. The molecule has 0 atom stereocenters. The second-order valence-electron chi connectivity index (χ2n) is 6.63. The number of nitrogens with two attached hydrogens (primary N) is 1. The first-order valence-electron chi connectivity index (χ1n) is 9.25. The molecule has 32 heavy (non-hydrogen) atoms. The van der Waals surface area contributed by atoms with E-state index in [1.807, 2.05) is 18.2 Å². The van der Waals surface area contributed by atoms with E-state index in [9.17, 15) is 13.0 Å². The molecule has 1 heterocycles. The van der Waals surface area contributed by atoms with Crippen molar-refractivity contribution in [2.75, 3.05) is 5.73 Å². The molecule has 3 N–H and O–H groups in total. The topological polar surface area (TPSA) is 127 Å². The van der Waals surface area contributed by atoms with Crippen LogP contribution >= 0.6 is 0 Å². The van der Waals surface area contributed by atoms with Crippen LogP contribution in [0.25, 0.3) is 10.8 Å². The fourth-order valence-electron chi connectivity index (χ4n) is 3.01. The van der Waals surface area contributed by atoms with Crippen LogP contribution in [-0.2, 0) is 16.7 Å². The number of nitrogens with zero attached hydrogens (tertiary/aromatic N) is 3. The van der Waals surface area contributed by atoms with Crippen molar-refractivity contribution >= 4 is 38.0 Å². The molecule has 0 aliphatic heterocycles. The van der Waals surface area contributed by atoms with Crippen LogP contribution in [0, 0.1) is 0 Å². The molecular formula is C22H19N4NaO4S. The normalized spacial score (nSPS) is 11.4. The Morgan fingerprint density at radius 3 is 2.31 bits per heavy atom. The number of azo groups is 1. The number of benzene rings is 3. The summed E-state index contributed by atoms with van der Waals surface area (Å²) in [4.78, 5) is 3.92. The van der Waals surface area contributed by atoms with Crippen LogP contribution in [0.15, 0.2) is 94.1 Å². The number of anilines is 1. The molecule has 3 aromatic carbocycles. The summed E-state index contributed by atoms with van der Waals surface area (Å²) in [6, 6.07) is 20.3. The molecule has 0 aliphatic rings. The minimum Gasteiger partial charge on any atom is -1.00 e. The number of ether oxygens (including phenoxy) is 1. The minimum absolute atomic E-state index is 0. The third kappa shape index (κ3) is 5.50. The van der Waals surface area contributed by atoms with Gasteiger partial charge in [-0.15, -0.1) is 5.11 Å². The Balaban J connectivity index is 0.00000193. The van der Waals surface area contributed by atoms with Crippen molar-refractivity contribution < 1.29 is 48.7 Å². The van der Waals surface area contributed by atoms with E-state index in [1.165, 1.54) is 6.07 Å². The SMILES string of the molecule is Nc1c(N=Nc2ccc(OCc3ccccn3)cc2)cc(S(=O)(=O)O)c2ccccc12.[H-].[Na+]. The van der Waals surface area contributed by atoms with Crippen LogP contribution in [-0.4, -0.2) is 18.0 Å². The van der Waals surface area contributed by atoms with Gasteiger partial charge in [0.2, 0.25) is 0 Å². The van der Waals surface area contributed by atoms with Crippen molar-refractivity contribution in [3.05, 3.63) is 84.7 Å². The fraction of sp³-hybridized carbons (Fsp3) is 0.0455. The van der Waals surface area contributed by atoms with Crippen molar-refractivity contribution in [1.29, 1.82) is 0 Å². The summed E-state index contributed by atoms with van der Waals surface area (Å²) in [6.07, 6.45) is 1.70. The minimum atomic E-state index is -4.47. The van der Waals surface area contributed by atoms with Crippen LogP contribution in [0.1, 0.15) is 7.12 Å². The van der Waals surface area contributed by atoms with Crippen LogP contribution in [0.5, 0.6) is 5.75 Å². The zero-order chi connectivity index (χ0) is 21.8. The molecule has 0 saturated carbocycles. The third-order valence-electron chi connectivity index (χ3n) is 4.53. The average Bonchev–Trinajstić information content (AvgIpc) is 2.78. The number of hydrogen-bond donors (Lipinski definition) is 2. The van der Waals surface area contributed by atoms with E-state index in [2.05, 4.69) is 15.2 Å². The first-order valence-corrected chi connectivity index (χ1v) is 10.7. The average molecular weight is 458 g/mol. The van der Waals surface area contributed by atoms with Crippen molar-refractivity contribution in [3.8, 4) is 5.75 Å². The molecular weight excluding hydrogens is 439 g/mol.